The second-order valence-electron chi connectivity index (χ2n) is 7.93. The largest absolute Gasteiger partial charge is 0.489 e. The van der Waals surface area contributed by atoms with Crippen LogP contribution in [0.3, 0.4) is 0 Å². The maximum Gasteiger partial charge on any atom is 0.225 e. The number of nitrogens with one attached hydrogen (secondary N) is 1. The molecular weight excluding hydrogens is 380 g/mol. The summed E-state index contributed by atoms with van der Waals surface area (Å²) in [7, 11) is 0. The topological polar surface area (TPSA) is 67.9 Å². The van der Waals surface area contributed by atoms with Gasteiger partial charge in [0.1, 0.15) is 12.4 Å². The number of hydrogen-bond donors (Lipinski definition) is 1. The molecule has 2 saturated heterocycles. The Morgan fingerprint density at radius 2 is 1.77 bits per heavy atom. The van der Waals surface area contributed by atoms with Crippen LogP contribution >= 0.6 is 0 Å². The molecule has 1 N–H and O–H groups in total. The Morgan fingerprint density at radius 3 is 2.50 bits per heavy atom. The van der Waals surface area contributed by atoms with Gasteiger partial charge in [-0.1, -0.05) is 42.5 Å². The van der Waals surface area contributed by atoms with Gasteiger partial charge in [-0.2, -0.15) is 0 Å². The summed E-state index contributed by atoms with van der Waals surface area (Å²) in [6.45, 7) is 2.87. The minimum absolute atomic E-state index is 0.0534. The molecule has 2 aliphatic heterocycles. The Hall–Kier alpha value is -2.86. The SMILES string of the molecule is O=C(NCc1ccc(OCc2ccccc2)cc1)C1CC(=O)N(C2CCOCC2)C1. The zero-order valence-corrected chi connectivity index (χ0v) is 17.1. The number of carbonyl (C=O) groups is 2. The molecule has 2 aliphatic rings. The highest BCUT2D eigenvalue weighted by Crippen LogP contribution is 2.25. The van der Waals surface area contributed by atoms with Crippen LogP contribution in [-0.4, -0.2) is 42.5 Å². The van der Waals surface area contributed by atoms with E-state index in [-0.39, 0.29) is 23.8 Å². The highest BCUT2D eigenvalue weighted by Gasteiger charge is 2.38. The number of rotatable bonds is 7. The highest BCUT2D eigenvalue weighted by molar-refractivity contribution is 5.89. The molecule has 0 radical (unpaired) electrons. The summed E-state index contributed by atoms with van der Waals surface area (Å²) in [6.07, 6.45) is 2.02. The second kappa shape index (κ2) is 9.76. The van der Waals surface area contributed by atoms with E-state index in [0.717, 1.165) is 29.7 Å². The van der Waals surface area contributed by atoms with Crippen LogP contribution < -0.4 is 10.1 Å². The molecular formula is C24H28N2O4. The van der Waals surface area contributed by atoms with Crippen molar-refractivity contribution in [2.75, 3.05) is 19.8 Å². The first kappa shape index (κ1) is 20.4. The molecule has 6 nitrogen and oxygen atoms in total. The van der Waals surface area contributed by atoms with Gasteiger partial charge in [0.2, 0.25) is 11.8 Å². The fourth-order valence-electron chi connectivity index (χ4n) is 4.03. The van der Waals surface area contributed by atoms with Crippen molar-refractivity contribution in [2.24, 2.45) is 5.92 Å². The quantitative estimate of drug-likeness (QED) is 0.765. The van der Waals surface area contributed by atoms with E-state index in [0.29, 0.717) is 39.3 Å². The Balaban J connectivity index is 1.23. The van der Waals surface area contributed by atoms with Crippen molar-refractivity contribution < 1.29 is 19.1 Å². The fraction of sp³-hybridized carbons (Fsp3) is 0.417. The second-order valence-corrected chi connectivity index (χ2v) is 7.93. The van der Waals surface area contributed by atoms with E-state index in [1.54, 1.807) is 0 Å². The van der Waals surface area contributed by atoms with E-state index in [1.807, 2.05) is 59.5 Å². The molecule has 0 aromatic heterocycles. The van der Waals surface area contributed by atoms with Gasteiger partial charge in [0.15, 0.2) is 0 Å². The van der Waals surface area contributed by atoms with Crippen LogP contribution in [0.15, 0.2) is 54.6 Å². The van der Waals surface area contributed by atoms with Gasteiger partial charge in [0.05, 0.1) is 5.92 Å². The van der Waals surface area contributed by atoms with Gasteiger partial charge >= 0.3 is 0 Å². The lowest BCUT2D eigenvalue weighted by Gasteiger charge is -2.31. The van der Waals surface area contributed by atoms with E-state index in [2.05, 4.69) is 5.32 Å². The van der Waals surface area contributed by atoms with Crippen LogP contribution in [0.2, 0.25) is 0 Å². The molecule has 0 aliphatic carbocycles. The number of carbonyl (C=O) groups excluding carboxylic acids is 2. The summed E-state index contributed by atoms with van der Waals surface area (Å²) < 4.78 is 11.2. The van der Waals surface area contributed by atoms with Gasteiger partial charge in [0.25, 0.3) is 0 Å². The van der Waals surface area contributed by atoms with E-state index in [4.69, 9.17) is 9.47 Å². The molecule has 0 bridgehead atoms. The minimum Gasteiger partial charge on any atom is -0.489 e. The molecule has 6 heteroatoms. The lowest BCUT2D eigenvalue weighted by atomic mass is 10.1. The van der Waals surface area contributed by atoms with Gasteiger partial charge in [-0.3, -0.25) is 9.59 Å². The monoisotopic (exact) mass is 408 g/mol. The first-order valence-electron chi connectivity index (χ1n) is 10.6. The number of likely N-dealkylation sites (tertiary alicyclic amines) is 1. The van der Waals surface area contributed by atoms with Crippen LogP contribution in [-0.2, 0) is 27.5 Å². The molecule has 30 heavy (non-hydrogen) atoms. The van der Waals surface area contributed by atoms with Crippen molar-refractivity contribution in [3.05, 3.63) is 65.7 Å². The molecule has 158 valence electrons. The van der Waals surface area contributed by atoms with Crippen LogP contribution in [0.4, 0.5) is 0 Å². The number of nitrogens with zero attached hydrogens (tertiary/aromatic N) is 1. The number of hydrogen-bond acceptors (Lipinski definition) is 4. The van der Waals surface area contributed by atoms with E-state index >= 15 is 0 Å². The predicted octanol–water partition coefficient (Wildman–Crippen LogP) is 2.91. The average molecular weight is 408 g/mol. The first-order valence-corrected chi connectivity index (χ1v) is 10.6. The summed E-state index contributed by atoms with van der Waals surface area (Å²) in [5, 5.41) is 2.98. The van der Waals surface area contributed by atoms with Crippen molar-refractivity contribution in [3.63, 3.8) is 0 Å². The van der Waals surface area contributed by atoms with Gasteiger partial charge in [0, 0.05) is 38.8 Å². The zero-order valence-electron chi connectivity index (χ0n) is 17.1. The Morgan fingerprint density at radius 1 is 1.03 bits per heavy atom. The Labute approximate surface area is 177 Å². The molecule has 0 spiro atoms. The van der Waals surface area contributed by atoms with Crippen LogP contribution in [0, 0.1) is 5.92 Å². The molecule has 1 unspecified atom stereocenters. The van der Waals surface area contributed by atoms with Crippen molar-refractivity contribution in [1.82, 2.24) is 10.2 Å². The Kier molecular flexibility index (Phi) is 6.64. The first-order chi connectivity index (χ1) is 14.7. The van der Waals surface area contributed by atoms with Gasteiger partial charge in [-0.25, -0.2) is 0 Å². The van der Waals surface area contributed by atoms with Crippen LogP contribution in [0.1, 0.15) is 30.4 Å². The van der Waals surface area contributed by atoms with Gasteiger partial charge in [-0.15, -0.1) is 0 Å². The molecule has 4 rings (SSSR count). The smallest absolute Gasteiger partial charge is 0.225 e. The fourth-order valence-corrected chi connectivity index (χ4v) is 4.03. The van der Waals surface area contributed by atoms with E-state index in [9.17, 15) is 9.59 Å². The molecule has 2 heterocycles. The lowest BCUT2D eigenvalue weighted by molar-refractivity contribution is -0.131. The van der Waals surface area contributed by atoms with E-state index < -0.39 is 0 Å². The van der Waals surface area contributed by atoms with Crippen molar-refractivity contribution in [3.8, 4) is 5.75 Å². The molecule has 2 amide bonds. The summed E-state index contributed by atoms with van der Waals surface area (Å²) >= 11 is 0. The standard InChI is InChI=1S/C24H28N2O4/c27-23-14-20(16-26(23)21-10-12-29-13-11-21)24(28)25-15-18-6-8-22(9-7-18)30-17-19-4-2-1-3-5-19/h1-9,20-21H,10-17H2,(H,25,28). The zero-order chi connectivity index (χ0) is 20.8. The maximum atomic E-state index is 12.6. The summed E-state index contributed by atoms with van der Waals surface area (Å²) in [5.74, 6) is 0.556. The molecule has 0 saturated carbocycles. The highest BCUT2D eigenvalue weighted by atomic mass is 16.5. The number of benzene rings is 2. The summed E-state index contributed by atoms with van der Waals surface area (Å²) in [6, 6.07) is 18.0. The molecule has 2 aromatic rings. The lowest BCUT2D eigenvalue weighted by Crippen LogP contribution is -2.41. The summed E-state index contributed by atoms with van der Waals surface area (Å²) in [5.41, 5.74) is 2.12. The third kappa shape index (κ3) is 5.19. The normalized spacial score (nSPS) is 19.7. The van der Waals surface area contributed by atoms with Gasteiger partial charge in [-0.05, 0) is 36.1 Å². The Bertz CT molecular complexity index is 847. The van der Waals surface area contributed by atoms with Crippen LogP contribution in [0.5, 0.6) is 5.75 Å². The van der Waals surface area contributed by atoms with Crippen molar-refractivity contribution in [1.29, 1.82) is 0 Å². The molecule has 1 atom stereocenters. The summed E-state index contributed by atoms with van der Waals surface area (Å²) in [4.78, 5) is 26.8. The van der Waals surface area contributed by atoms with Crippen LogP contribution in [0.25, 0.3) is 0 Å². The predicted molar refractivity (Wildman–Crippen MR) is 113 cm³/mol. The van der Waals surface area contributed by atoms with Gasteiger partial charge < -0.3 is 19.7 Å². The maximum absolute atomic E-state index is 12.6. The third-order valence-corrected chi connectivity index (χ3v) is 5.80. The van der Waals surface area contributed by atoms with Crippen molar-refractivity contribution in [2.45, 2.75) is 38.5 Å². The third-order valence-electron chi connectivity index (χ3n) is 5.80. The average Bonchev–Trinajstić information content (AvgIpc) is 3.20. The van der Waals surface area contributed by atoms with Crippen molar-refractivity contribution >= 4 is 11.8 Å². The number of ether oxygens (including phenoxy) is 2. The van der Waals surface area contributed by atoms with E-state index in [1.165, 1.54) is 0 Å². The minimum atomic E-state index is -0.270. The molecule has 2 fully saturated rings. The molecule has 2 aromatic carbocycles. The number of amides is 2.